The number of rotatable bonds is 3. The first kappa shape index (κ1) is 13.2. The van der Waals surface area contributed by atoms with Crippen LogP contribution in [0.1, 0.15) is 12.8 Å². The molecule has 4 rings (SSSR count). The molecule has 3 aliphatic heterocycles. The van der Waals surface area contributed by atoms with Crippen molar-refractivity contribution < 1.29 is 9.53 Å². The van der Waals surface area contributed by atoms with Crippen molar-refractivity contribution in [3.63, 3.8) is 0 Å². The lowest BCUT2D eigenvalue weighted by atomic mass is 9.84. The van der Waals surface area contributed by atoms with Crippen molar-refractivity contribution in [3.8, 4) is 0 Å². The van der Waals surface area contributed by atoms with Crippen LogP contribution in [0.15, 0.2) is 24.3 Å². The van der Waals surface area contributed by atoms with Gasteiger partial charge in [-0.1, -0.05) is 6.07 Å². The molecular weight excluding hydrogens is 254 g/mol. The Hall–Kier alpha value is -1.75. The lowest BCUT2D eigenvalue weighted by Gasteiger charge is -2.45. The zero-order chi connectivity index (χ0) is 13.9. The molecule has 2 N–H and O–H groups in total. The fraction of sp³-hybridized carbons (Fsp3) is 0.533. The van der Waals surface area contributed by atoms with Gasteiger partial charge in [0.05, 0.1) is 7.11 Å². The van der Waals surface area contributed by atoms with E-state index in [1.165, 1.54) is 33.0 Å². The van der Waals surface area contributed by atoms with Crippen molar-refractivity contribution in [2.75, 3.05) is 37.4 Å². The second kappa shape index (κ2) is 5.71. The highest BCUT2D eigenvalue weighted by atomic mass is 16.5. The number of methoxy groups -OCH3 is 1. The second-order valence-corrected chi connectivity index (χ2v) is 5.59. The zero-order valence-corrected chi connectivity index (χ0v) is 11.8. The standard InChI is InChI=1S/C15H21N3O2/c1-20-15(19)17-13-4-2-3-12(9-13)16-14-10-18-7-5-11(14)6-8-18/h2-4,9,11,14,16H,5-8,10H2,1H3,(H,17,19). The van der Waals surface area contributed by atoms with Crippen molar-refractivity contribution in [1.82, 2.24) is 4.90 Å². The molecule has 0 saturated carbocycles. The second-order valence-electron chi connectivity index (χ2n) is 5.59. The molecule has 3 fully saturated rings. The fourth-order valence-electron chi connectivity index (χ4n) is 3.20. The van der Waals surface area contributed by atoms with Crippen molar-refractivity contribution in [3.05, 3.63) is 24.3 Å². The molecule has 2 bridgehead atoms. The molecule has 5 heteroatoms. The predicted octanol–water partition coefficient (Wildman–Crippen LogP) is 2.37. The quantitative estimate of drug-likeness (QED) is 0.889. The number of carbonyl (C=O) groups is 1. The Bertz CT molecular complexity index is 484. The van der Waals surface area contributed by atoms with Gasteiger partial charge in [-0.3, -0.25) is 5.32 Å². The van der Waals surface area contributed by atoms with Crippen molar-refractivity contribution >= 4 is 17.5 Å². The maximum Gasteiger partial charge on any atom is 0.411 e. The Morgan fingerprint density at radius 3 is 2.70 bits per heavy atom. The number of hydrogen-bond acceptors (Lipinski definition) is 4. The van der Waals surface area contributed by atoms with E-state index in [0.717, 1.165) is 23.8 Å². The van der Waals surface area contributed by atoms with Crippen LogP contribution in [0, 0.1) is 5.92 Å². The molecule has 20 heavy (non-hydrogen) atoms. The normalized spacial score (nSPS) is 27.9. The molecule has 3 saturated heterocycles. The van der Waals surface area contributed by atoms with Gasteiger partial charge in [-0.15, -0.1) is 0 Å². The number of benzene rings is 1. The summed E-state index contributed by atoms with van der Waals surface area (Å²) < 4.78 is 4.61. The topological polar surface area (TPSA) is 53.6 Å². The Balaban J connectivity index is 1.65. The number of amides is 1. The van der Waals surface area contributed by atoms with Gasteiger partial charge in [0.1, 0.15) is 0 Å². The van der Waals surface area contributed by atoms with E-state index in [-0.39, 0.29) is 0 Å². The van der Waals surface area contributed by atoms with Crippen LogP contribution in [0.3, 0.4) is 0 Å². The highest BCUT2D eigenvalue weighted by Gasteiger charge is 2.33. The summed E-state index contributed by atoms with van der Waals surface area (Å²) in [7, 11) is 1.37. The summed E-state index contributed by atoms with van der Waals surface area (Å²) in [6.07, 6.45) is 2.14. The number of fused-ring (bicyclic) bond motifs is 3. The third kappa shape index (κ3) is 2.88. The van der Waals surface area contributed by atoms with E-state index in [0.29, 0.717) is 6.04 Å². The Morgan fingerprint density at radius 1 is 1.30 bits per heavy atom. The monoisotopic (exact) mass is 275 g/mol. The van der Waals surface area contributed by atoms with Crippen LogP contribution in [0.5, 0.6) is 0 Å². The molecule has 5 nitrogen and oxygen atoms in total. The van der Waals surface area contributed by atoms with E-state index in [1.807, 2.05) is 24.3 Å². The van der Waals surface area contributed by atoms with Crippen LogP contribution in [0.2, 0.25) is 0 Å². The number of nitrogens with zero attached hydrogens (tertiary/aromatic N) is 1. The van der Waals surface area contributed by atoms with Crippen LogP contribution in [-0.4, -0.2) is 43.8 Å². The molecule has 1 aromatic rings. The van der Waals surface area contributed by atoms with Crippen LogP contribution < -0.4 is 10.6 Å². The third-order valence-electron chi connectivity index (χ3n) is 4.30. The Labute approximate surface area is 119 Å². The number of nitrogens with one attached hydrogen (secondary N) is 2. The summed E-state index contributed by atoms with van der Waals surface area (Å²) in [6, 6.07) is 8.31. The van der Waals surface area contributed by atoms with Gasteiger partial charge < -0.3 is 15.0 Å². The average Bonchev–Trinajstić information content (AvgIpc) is 2.49. The minimum atomic E-state index is -0.440. The molecule has 0 radical (unpaired) electrons. The van der Waals surface area contributed by atoms with E-state index >= 15 is 0 Å². The summed E-state index contributed by atoms with van der Waals surface area (Å²) in [5, 5.41) is 6.30. The number of ether oxygens (including phenoxy) is 1. The van der Waals surface area contributed by atoms with Gasteiger partial charge in [0.2, 0.25) is 0 Å². The fourth-order valence-corrected chi connectivity index (χ4v) is 3.20. The Kier molecular flexibility index (Phi) is 3.78. The molecule has 0 aromatic heterocycles. The van der Waals surface area contributed by atoms with Crippen LogP contribution in [0.4, 0.5) is 16.2 Å². The number of piperidine rings is 3. The van der Waals surface area contributed by atoms with E-state index < -0.39 is 6.09 Å². The predicted molar refractivity (Wildman–Crippen MR) is 79.0 cm³/mol. The zero-order valence-electron chi connectivity index (χ0n) is 11.8. The van der Waals surface area contributed by atoms with E-state index in [2.05, 4.69) is 20.3 Å². The van der Waals surface area contributed by atoms with Gasteiger partial charge in [-0.2, -0.15) is 0 Å². The van der Waals surface area contributed by atoms with E-state index in [9.17, 15) is 4.79 Å². The van der Waals surface area contributed by atoms with E-state index in [4.69, 9.17) is 0 Å². The van der Waals surface area contributed by atoms with Gasteiger partial charge >= 0.3 is 6.09 Å². The van der Waals surface area contributed by atoms with Crippen molar-refractivity contribution in [2.24, 2.45) is 5.92 Å². The summed E-state index contributed by atoms with van der Waals surface area (Å²) in [4.78, 5) is 13.7. The number of anilines is 2. The molecule has 1 amide bonds. The van der Waals surface area contributed by atoms with Crippen molar-refractivity contribution in [2.45, 2.75) is 18.9 Å². The Morgan fingerprint density at radius 2 is 2.05 bits per heavy atom. The molecule has 3 aliphatic rings. The van der Waals surface area contributed by atoms with Crippen LogP contribution in [-0.2, 0) is 4.74 Å². The molecular formula is C15H21N3O2. The van der Waals surface area contributed by atoms with Gasteiger partial charge in [0, 0.05) is 24.0 Å². The smallest absolute Gasteiger partial charge is 0.411 e. The largest absolute Gasteiger partial charge is 0.453 e. The minimum absolute atomic E-state index is 0.440. The molecule has 1 aromatic carbocycles. The molecule has 1 unspecified atom stereocenters. The molecule has 0 aliphatic carbocycles. The average molecular weight is 275 g/mol. The first-order chi connectivity index (χ1) is 9.74. The lowest BCUT2D eigenvalue weighted by Crippen LogP contribution is -2.53. The minimum Gasteiger partial charge on any atom is -0.453 e. The summed E-state index contributed by atoms with van der Waals surface area (Å²) in [5.74, 6) is 0.775. The first-order valence-electron chi connectivity index (χ1n) is 7.18. The third-order valence-corrected chi connectivity index (χ3v) is 4.30. The highest BCUT2D eigenvalue weighted by Crippen LogP contribution is 2.30. The van der Waals surface area contributed by atoms with Crippen LogP contribution in [0.25, 0.3) is 0 Å². The number of carbonyl (C=O) groups excluding carboxylic acids is 1. The summed E-state index contributed by atoms with van der Waals surface area (Å²) in [5.41, 5.74) is 1.81. The lowest BCUT2D eigenvalue weighted by molar-refractivity contribution is 0.0975. The van der Waals surface area contributed by atoms with Gasteiger partial charge in [0.15, 0.2) is 0 Å². The molecule has 0 spiro atoms. The number of hydrogen-bond donors (Lipinski definition) is 2. The van der Waals surface area contributed by atoms with Gasteiger partial charge in [-0.25, -0.2) is 4.79 Å². The molecule has 108 valence electrons. The van der Waals surface area contributed by atoms with Crippen molar-refractivity contribution in [1.29, 1.82) is 0 Å². The maximum absolute atomic E-state index is 11.2. The van der Waals surface area contributed by atoms with Gasteiger partial charge in [-0.05, 0) is 50.0 Å². The van der Waals surface area contributed by atoms with Crippen LogP contribution >= 0.6 is 0 Å². The van der Waals surface area contributed by atoms with E-state index in [1.54, 1.807) is 0 Å². The molecule has 3 heterocycles. The SMILES string of the molecule is COC(=O)Nc1cccc(NC2CN3CCC2CC3)c1. The summed E-state index contributed by atoms with van der Waals surface area (Å²) >= 11 is 0. The first-order valence-corrected chi connectivity index (χ1v) is 7.18. The molecule has 1 atom stereocenters. The summed E-state index contributed by atoms with van der Waals surface area (Å²) in [6.45, 7) is 3.61. The maximum atomic E-state index is 11.2. The highest BCUT2D eigenvalue weighted by molar-refractivity contribution is 5.85. The van der Waals surface area contributed by atoms with Gasteiger partial charge in [0.25, 0.3) is 0 Å².